The molecular formula is C77H76Br3Cl4F3N24O11S6. The topological polar surface area (TPSA) is 486 Å². The summed E-state index contributed by atoms with van der Waals surface area (Å²) in [5.74, 6) is -2.90. The number of nitrogen functional groups attached to an aromatic ring is 2. The Bertz CT molecular complexity index is 6140. The van der Waals surface area contributed by atoms with Gasteiger partial charge in [0.1, 0.15) is 98.6 Å². The van der Waals surface area contributed by atoms with Crippen LogP contribution in [0, 0.1) is 5.41 Å². The number of carboxylic acid groups (broad SMARTS) is 1. The molecule has 35 nitrogen and oxygen atoms in total. The highest BCUT2D eigenvalue weighted by molar-refractivity contribution is 9.11. The number of benzene rings is 3. The number of likely N-dealkylation sites (tertiary alicyclic amines) is 2. The molecule has 128 heavy (non-hydrogen) atoms. The molecule has 0 spiro atoms. The molecule has 12 heterocycles. The molecule has 6 atom stereocenters. The van der Waals surface area contributed by atoms with Gasteiger partial charge in [-0.05, 0) is 137 Å². The number of rotatable bonds is 18. The molecule has 9 aromatic heterocycles. The second-order valence-electron chi connectivity index (χ2n) is 26.9. The first-order chi connectivity index (χ1) is 59.5. The van der Waals surface area contributed by atoms with Crippen molar-refractivity contribution in [2.45, 2.75) is 108 Å². The van der Waals surface area contributed by atoms with Gasteiger partial charge in [0.05, 0.1) is 41.9 Å². The minimum Gasteiger partial charge on any atom is -0.480 e. The predicted molar refractivity (Wildman–Crippen MR) is 508 cm³/mol. The van der Waals surface area contributed by atoms with Gasteiger partial charge in [0.15, 0.2) is 21.6 Å². The quantitative estimate of drug-likeness (QED) is 0.0167. The molecule has 51 heteroatoms. The van der Waals surface area contributed by atoms with Crippen LogP contribution in [0.15, 0.2) is 160 Å². The highest BCUT2D eigenvalue weighted by Crippen LogP contribution is 2.33. The van der Waals surface area contributed by atoms with Gasteiger partial charge in [0.25, 0.3) is 5.62 Å². The van der Waals surface area contributed by atoms with Crippen LogP contribution < -0.4 is 38.4 Å². The van der Waals surface area contributed by atoms with E-state index in [0.717, 1.165) is 25.6 Å². The second-order valence-corrected chi connectivity index (χ2v) is 33.0. The number of nitrogens with one attached hydrogen (secondary N) is 5. The molecule has 676 valence electrons. The van der Waals surface area contributed by atoms with Gasteiger partial charge < -0.3 is 52.8 Å². The highest BCUT2D eigenvalue weighted by atomic mass is 79.9. The van der Waals surface area contributed by atoms with E-state index >= 15 is 0 Å². The minimum atomic E-state index is -1.37. The Morgan fingerprint density at radius 1 is 0.539 bits per heavy atom. The summed E-state index contributed by atoms with van der Waals surface area (Å²) in [6, 6.07) is 28.3. The monoisotopic (exact) mass is 2140 g/mol. The Kier molecular flexibility index (Phi) is 41.5. The maximum atomic E-state index is 14.4. The Hall–Kier alpha value is -10.4. The van der Waals surface area contributed by atoms with E-state index in [4.69, 9.17) is 56.8 Å². The summed E-state index contributed by atoms with van der Waals surface area (Å²) in [5.41, 5.74) is 16.9. The number of nitrogens with two attached hydrogens (primary N) is 2. The van der Waals surface area contributed by atoms with Crippen molar-refractivity contribution in [3.63, 3.8) is 0 Å². The fourth-order valence-electron chi connectivity index (χ4n) is 12.9. The van der Waals surface area contributed by atoms with Crippen molar-refractivity contribution in [2.75, 3.05) is 47.1 Å². The molecular weight excluding hydrogens is 2070 g/mol. The molecule has 0 unspecified atom stereocenters. The third kappa shape index (κ3) is 29.0. The zero-order valence-electron chi connectivity index (χ0n) is 65.9. The summed E-state index contributed by atoms with van der Waals surface area (Å²) in [4.78, 5) is 146. The van der Waals surface area contributed by atoms with E-state index in [0.29, 0.717) is 73.8 Å². The number of aromatic nitrogens is 15. The molecule has 0 saturated carbocycles. The van der Waals surface area contributed by atoms with Crippen LogP contribution in [-0.4, -0.2) is 207 Å². The number of nitrogens with zero attached hydrogens (tertiary/aromatic N) is 17. The molecule has 3 fully saturated rings. The first kappa shape index (κ1) is 106. The van der Waals surface area contributed by atoms with Crippen LogP contribution in [0.2, 0.25) is 0 Å². The first-order valence-corrected chi connectivity index (χ1v) is 44.0. The molecule has 3 aliphatic heterocycles. The molecule has 3 aliphatic rings. The van der Waals surface area contributed by atoms with Crippen molar-refractivity contribution in [2.24, 2.45) is 0 Å². The van der Waals surface area contributed by atoms with Crippen LogP contribution in [0.3, 0.4) is 0 Å². The second kappa shape index (κ2) is 50.0. The Morgan fingerprint density at radius 2 is 0.867 bits per heavy atom. The maximum Gasteiger partial charge on any atom is 0.325 e. The van der Waals surface area contributed by atoms with Gasteiger partial charge in [0, 0.05) is 164 Å². The van der Waals surface area contributed by atoms with E-state index in [1.807, 2.05) is 0 Å². The van der Waals surface area contributed by atoms with Crippen LogP contribution >= 0.6 is 108 Å². The number of halogens is 10. The molecule has 12 aromatic rings. The van der Waals surface area contributed by atoms with Gasteiger partial charge in [-0.2, -0.15) is 33.5 Å². The van der Waals surface area contributed by atoms with Crippen LogP contribution in [0.25, 0.3) is 66.1 Å². The smallest absolute Gasteiger partial charge is 0.325 e. The third-order valence-corrected chi connectivity index (χ3v) is 19.6. The Labute approximate surface area is 802 Å². The summed E-state index contributed by atoms with van der Waals surface area (Å²) < 4.78 is 47.2. The Morgan fingerprint density at radius 3 is 1.18 bits per heavy atom. The number of anilines is 5. The number of carboxylic acids is 1. The Balaban J connectivity index is 0.000000264. The van der Waals surface area contributed by atoms with Gasteiger partial charge >= 0.3 is 5.97 Å². The van der Waals surface area contributed by atoms with Gasteiger partial charge in [-0.25, -0.2) is 53.0 Å². The van der Waals surface area contributed by atoms with Gasteiger partial charge in [-0.15, -0.1) is 12.4 Å². The van der Waals surface area contributed by atoms with Crippen molar-refractivity contribution in [1.29, 1.82) is 5.41 Å². The van der Waals surface area contributed by atoms with Crippen LogP contribution in [-0.2, 0) is 102 Å². The van der Waals surface area contributed by atoms with E-state index in [2.05, 4.69) is 169 Å². The molecule has 5 amide bonds. The molecule has 3 aromatic carbocycles. The number of alkyl halides is 6. The van der Waals surface area contributed by atoms with Crippen LogP contribution in [0.5, 0.6) is 0 Å². The summed E-state index contributed by atoms with van der Waals surface area (Å²) in [6.07, 6.45) is 5.31. The van der Waals surface area contributed by atoms with Crippen molar-refractivity contribution in [3.05, 3.63) is 183 Å². The summed E-state index contributed by atoms with van der Waals surface area (Å²) in [6.45, 7) is 3.00. The summed E-state index contributed by atoms with van der Waals surface area (Å²) in [5, 5.41) is 51.4. The van der Waals surface area contributed by atoms with E-state index < -0.39 is 70.5 Å². The highest BCUT2D eigenvalue weighted by Gasteiger charge is 2.42. The van der Waals surface area contributed by atoms with E-state index in [9.17, 15) is 61.5 Å². The zero-order chi connectivity index (χ0) is 91.2. The molecule has 15 rings (SSSR count). The van der Waals surface area contributed by atoms with Gasteiger partial charge in [-0.1, -0.05) is 78.6 Å². The lowest BCUT2D eigenvalue weighted by atomic mass is 10.0. The first-order valence-electron chi connectivity index (χ1n) is 36.4. The molecule has 0 radical (unpaired) electrons. The number of aliphatic carboxylic acids is 1. The fourth-order valence-corrected chi connectivity index (χ4v) is 13.9. The van der Waals surface area contributed by atoms with Crippen molar-refractivity contribution >= 4 is 277 Å². The van der Waals surface area contributed by atoms with Crippen molar-refractivity contribution < 1.29 is 66.6 Å². The number of hydrogen-bond acceptors (Lipinski definition) is 29. The normalized spacial score (nSPS) is 15.6. The number of amides is 5. The van der Waals surface area contributed by atoms with Crippen LogP contribution in [0.4, 0.5) is 42.5 Å². The van der Waals surface area contributed by atoms with Crippen molar-refractivity contribution in [1.82, 2.24) is 89.1 Å². The lowest BCUT2D eigenvalue weighted by Crippen LogP contribution is -2.44. The third-order valence-electron chi connectivity index (χ3n) is 18.3. The number of ketones is 3. The van der Waals surface area contributed by atoms with Crippen LogP contribution in [0.1, 0.15) is 78.9 Å². The summed E-state index contributed by atoms with van der Waals surface area (Å²) >= 11 is 39.7. The number of Topliss-reactive ketones (excluding diaryl/α,β-unsaturated/α-hetero) is 3. The van der Waals surface area contributed by atoms with Gasteiger partial charge in [0.2, 0.25) is 41.4 Å². The predicted octanol–water partition coefficient (Wildman–Crippen LogP) is 11.6. The van der Waals surface area contributed by atoms with E-state index in [1.54, 1.807) is 134 Å². The largest absolute Gasteiger partial charge is 0.480 e. The fraction of sp³-hybridized carbons (Fsp3) is 0.260. The van der Waals surface area contributed by atoms with Crippen molar-refractivity contribution in [3.8, 4) is 33.4 Å². The maximum absolute atomic E-state index is 14.4. The number of carbonyl (C=O) groups is 9. The van der Waals surface area contributed by atoms with E-state index in [1.165, 1.54) is 57.0 Å². The lowest BCUT2D eigenvalue weighted by Gasteiger charge is -2.23. The number of carbonyl (C=O) groups excluding carboxylic acids is 8. The lowest BCUT2D eigenvalue weighted by molar-refractivity contribution is -0.138. The summed E-state index contributed by atoms with van der Waals surface area (Å²) in [7, 11) is 0.917. The average molecular weight is 2140 g/mol. The standard InChI is InChI=1S/C25H22BrFN8O4.C25H22BrFN8O3.C15H13N5O3.C10H11BrFN3O.CHCl3.CH4.ClH.S3.S2.H2S/c1-13(36)23-17-7-14(15-9-29-25(28)35(39)10-15)5-6-18(17)34(32-23)12-22(37)33-11-16(27)8-19(33)24(38)31-21-4-2-3-20(26)30-21;1-13(36)23-17-7-14(15-9-29-25(28)30-10-15)5-6-18(17)35(33-23)12-22(37)34-11-16(27)8-19(34)24(38)32-21-4-2-3-20(26)31-21;1-8(21)14-11-4-9(10-5-17-15(16)18-6-10)2-3-12(11)20(19-14)7-13(22)23;11-8-2-1-3-9(14-8)15-10(16)7-4-6(12)5-13-7;2-1(3)4;;;1-3-2;1-2;/h2-7,9-10,16,19,28,39H,8,11-12H2,1H3,(H,30,31,38);2-7,9-10,16,19H,8,11-12H2,1H3,(H2,28,29,30)(H,31,32,38);2-6H,7H2,1H3,(H,22,23)(H2,16,17,18);1-3,6-7,13H,4-5H2,(H,14,15,16);1H;1H4;1H;;;1H2/t2*16-,19+;;6-,7+;;;;;;/m11.1....../s1. The zero-order valence-corrected chi connectivity index (χ0v) is 78.9. The van der Waals surface area contributed by atoms with E-state index in [-0.39, 0.29) is 161 Å². The number of fused-ring (bicyclic) bond motifs is 3. The average Bonchev–Trinajstić information content (AvgIpc) is 1.63. The van der Waals surface area contributed by atoms with Gasteiger partial charge in [-0.3, -0.25) is 62.6 Å². The molecule has 0 aliphatic carbocycles. The molecule has 0 bridgehead atoms. The molecule has 3 saturated heterocycles. The SMILES string of the molecule is C.CC(=O)c1nn(CC(=O)N2C[C@H](F)C[C@H]2C(=O)Nc2cccc(Br)n2)c2ccc(-c3cnc(=N)n(O)c3)cc12.CC(=O)c1nn(CC(=O)N2C[C@H](F)C[C@H]2C(=O)Nc2cccc(Br)n2)c2ccc(-c3cnc(N)nc3)cc12.CC(=O)c1nn(CC(=O)O)c2ccc(-c3cnc(N)nc3)cc12.Cl.ClC(Cl)Cl.O=C(Nc1cccc(Br)n1)[C@@H]1C[C@@H](F)CN1.S.S=S.S=S=S. The molecule has 11 N–H and O–H groups in total. The number of pyridine rings is 3. The number of hydrogen-bond donors (Lipinski definition) is 9. The minimum absolute atomic E-state index is 0.